The third-order valence-electron chi connectivity index (χ3n) is 2.95. The topological polar surface area (TPSA) is 108 Å². The number of non-ortho nitro benzene ring substituents is 1. The number of nitrogens with zero attached hydrogens (tertiary/aromatic N) is 1. The van der Waals surface area contributed by atoms with E-state index in [9.17, 15) is 19.7 Å². The number of nitro benzene ring substituents is 1. The van der Waals surface area contributed by atoms with Crippen molar-refractivity contribution in [3.8, 4) is 5.75 Å². The third-order valence-corrected chi connectivity index (χ3v) is 4.10. The molecule has 0 aliphatic rings. The van der Waals surface area contributed by atoms with Gasteiger partial charge in [-0.1, -0.05) is 22.0 Å². The number of hydrogen-bond donors (Lipinski definition) is 1. The summed E-state index contributed by atoms with van der Waals surface area (Å²) in [6.45, 7) is -0.852. The van der Waals surface area contributed by atoms with Crippen LogP contribution >= 0.6 is 31.9 Å². The van der Waals surface area contributed by atoms with Gasteiger partial charge in [-0.15, -0.1) is 0 Å². The molecular weight excluding hydrogens is 476 g/mol. The summed E-state index contributed by atoms with van der Waals surface area (Å²) in [5, 5.41) is 13.2. The van der Waals surface area contributed by atoms with Gasteiger partial charge in [0, 0.05) is 21.1 Å². The minimum absolute atomic E-state index is 0.119. The highest BCUT2D eigenvalue weighted by Gasteiger charge is 2.13. The fraction of sp³-hybridized carbons (Fsp3) is 0.125. The quantitative estimate of drug-likeness (QED) is 0.362. The second kappa shape index (κ2) is 9.30. The third kappa shape index (κ3) is 6.12. The van der Waals surface area contributed by atoms with E-state index < -0.39 is 23.4 Å². The van der Waals surface area contributed by atoms with E-state index in [4.69, 9.17) is 9.47 Å². The van der Waals surface area contributed by atoms with Crippen LogP contribution in [0.25, 0.3) is 0 Å². The van der Waals surface area contributed by atoms with Crippen molar-refractivity contribution in [1.29, 1.82) is 0 Å². The van der Waals surface area contributed by atoms with E-state index in [2.05, 4.69) is 37.2 Å². The van der Waals surface area contributed by atoms with Crippen molar-refractivity contribution in [3.05, 3.63) is 61.5 Å². The van der Waals surface area contributed by atoms with Crippen LogP contribution in [0.4, 0.5) is 11.4 Å². The summed E-state index contributed by atoms with van der Waals surface area (Å²) >= 11 is 6.41. The summed E-state index contributed by atoms with van der Waals surface area (Å²) in [4.78, 5) is 33.6. The average molecular weight is 488 g/mol. The van der Waals surface area contributed by atoms with Crippen molar-refractivity contribution in [2.75, 3.05) is 18.5 Å². The number of carbonyl (C=O) groups is 2. The van der Waals surface area contributed by atoms with Gasteiger partial charge in [0.15, 0.2) is 13.2 Å². The van der Waals surface area contributed by atoms with Gasteiger partial charge in [0.25, 0.3) is 11.6 Å². The Bertz CT molecular complexity index is 843. The Morgan fingerprint density at radius 1 is 1.12 bits per heavy atom. The SMILES string of the molecule is O=C(COC(=O)COc1cccc(Br)c1)Nc1ccc([N+](=O)[O-])cc1Br. The van der Waals surface area contributed by atoms with Crippen LogP contribution in [-0.4, -0.2) is 30.0 Å². The molecule has 2 rings (SSSR count). The van der Waals surface area contributed by atoms with Crippen LogP contribution < -0.4 is 10.1 Å². The predicted molar refractivity (Wildman–Crippen MR) is 100 cm³/mol. The van der Waals surface area contributed by atoms with Crippen molar-refractivity contribution < 1.29 is 24.0 Å². The van der Waals surface area contributed by atoms with Gasteiger partial charge < -0.3 is 14.8 Å². The lowest BCUT2D eigenvalue weighted by molar-refractivity contribution is -0.384. The van der Waals surface area contributed by atoms with Crippen LogP contribution in [0.5, 0.6) is 5.75 Å². The monoisotopic (exact) mass is 486 g/mol. The zero-order chi connectivity index (χ0) is 19.1. The highest BCUT2D eigenvalue weighted by atomic mass is 79.9. The summed E-state index contributed by atoms with van der Waals surface area (Å²) in [5.41, 5.74) is 0.202. The number of amides is 1. The lowest BCUT2D eigenvalue weighted by Crippen LogP contribution is -2.23. The van der Waals surface area contributed by atoms with Gasteiger partial charge in [0.1, 0.15) is 5.75 Å². The molecule has 0 saturated carbocycles. The first-order valence-corrected chi connectivity index (χ1v) is 8.71. The second-order valence-corrected chi connectivity index (χ2v) is 6.65. The molecule has 0 unspecified atom stereocenters. The van der Waals surface area contributed by atoms with Crippen molar-refractivity contribution in [1.82, 2.24) is 0 Å². The lowest BCUT2D eigenvalue weighted by Gasteiger charge is -2.09. The molecule has 2 aromatic carbocycles. The van der Waals surface area contributed by atoms with Crippen LogP contribution in [0.15, 0.2) is 51.4 Å². The molecule has 0 bridgehead atoms. The van der Waals surface area contributed by atoms with Gasteiger partial charge in [0.05, 0.1) is 10.6 Å². The zero-order valence-electron chi connectivity index (χ0n) is 13.1. The zero-order valence-corrected chi connectivity index (χ0v) is 16.3. The standard InChI is InChI=1S/C16H12Br2N2O6/c17-10-2-1-3-12(6-10)25-9-16(22)26-8-15(21)19-14-5-4-11(20(23)24)7-13(14)18/h1-7H,8-9H2,(H,19,21). The molecule has 0 aliphatic carbocycles. The molecule has 0 spiro atoms. The Kier molecular flexibility index (Phi) is 7.10. The van der Waals surface area contributed by atoms with Gasteiger partial charge in [-0.05, 0) is 40.2 Å². The molecule has 0 fully saturated rings. The predicted octanol–water partition coefficient (Wildman–Crippen LogP) is 3.68. The highest BCUT2D eigenvalue weighted by molar-refractivity contribution is 9.10. The van der Waals surface area contributed by atoms with Gasteiger partial charge in [0.2, 0.25) is 0 Å². The van der Waals surface area contributed by atoms with Crippen LogP contribution in [0.3, 0.4) is 0 Å². The molecule has 2 aromatic rings. The number of esters is 1. The maximum Gasteiger partial charge on any atom is 0.344 e. The Morgan fingerprint density at radius 3 is 2.54 bits per heavy atom. The molecule has 0 saturated heterocycles. The first kappa shape index (κ1) is 19.9. The fourth-order valence-corrected chi connectivity index (χ4v) is 2.64. The summed E-state index contributed by atoms with van der Waals surface area (Å²) in [7, 11) is 0. The van der Waals surface area contributed by atoms with Crippen LogP contribution in [0, 0.1) is 10.1 Å². The summed E-state index contributed by atoms with van der Waals surface area (Å²) < 4.78 is 11.2. The van der Waals surface area contributed by atoms with E-state index in [1.165, 1.54) is 18.2 Å². The molecule has 0 radical (unpaired) electrons. The van der Waals surface area contributed by atoms with Gasteiger partial charge in [-0.25, -0.2) is 4.79 Å². The normalized spacial score (nSPS) is 10.1. The molecule has 0 heterocycles. The second-order valence-electron chi connectivity index (χ2n) is 4.88. The maximum absolute atomic E-state index is 11.8. The molecule has 0 atom stereocenters. The molecule has 8 nitrogen and oxygen atoms in total. The number of halogens is 2. The van der Waals surface area contributed by atoms with Gasteiger partial charge in [-0.3, -0.25) is 14.9 Å². The first-order valence-electron chi connectivity index (χ1n) is 7.13. The molecule has 1 N–H and O–H groups in total. The first-order chi connectivity index (χ1) is 12.3. The summed E-state index contributed by atoms with van der Waals surface area (Å²) in [6.07, 6.45) is 0. The Hall–Kier alpha value is -2.46. The highest BCUT2D eigenvalue weighted by Crippen LogP contribution is 2.27. The smallest absolute Gasteiger partial charge is 0.344 e. The summed E-state index contributed by atoms with van der Waals surface area (Å²) in [5.74, 6) is -0.811. The number of nitrogens with one attached hydrogen (secondary N) is 1. The Morgan fingerprint density at radius 2 is 1.88 bits per heavy atom. The largest absolute Gasteiger partial charge is 0.482 e. The molecule has 10 heteroatoms. The van der Waals surface area contributed by atoms with Crippen LogP contribution in [-0.2, 0) is 14.3 Å². The number of benzene rings is 2. The van der Waals surface area contributed by atoms with Crippen LogP contribution in [0.2, 0.25) is 0 Å². The van der Waals surface area contributed by atoms with Crippen LogP contribution in [0.1, 0.15) is 0 Å². The number of anilines is 1. The Labute approximate surface area is 164 Å². The van der Waals surface area contributed by atoms with E-state index in [-0.39, 0.29) is 12.3 Å². The number of rotatable bonds is 7. The molecule has 0 aromatic heterocycles. The average Bonchev–Trinajstić information content (AvgIpc) is 2.60. The van der Waals surface area contributed by atoms with Crippen molar-refractivity contribution in [3.63, 3.8) is 0 Å². The van der Waals surface area contributed by atoms with Crippen molar-refractivity contribution in [2.45, 2.75) is 0 Å². The van der Waals surface area contributed by atoms with E-state index in [0.717, 1.165) is 4.47 Å². The molecule has 1 amide bonds. The minimum atomic E-state index is -0.706. The van der Waals surface area contributed by atoms with E-state index in [0.29, 0.717) is 15.9 Å². The molecule has 26 heavy (non-hydrogen) atoms. The van der Waals surface area contributed by atoms with E-state index >= 15 is 0 Å². The number of carbonyl (C=O) groups excluding carboxylic acids is 2. The molecule has 0 aliphatic heterocycles. The van der Waals surface area contributed by atoms with Crippen molar-refractivity contribution >= 4 is 55.1 Å². The lowest BCUT2D eigenvalue weighted by atomic mass is 10.3. The minimum Gasteiger partial charge on any atom is -0.482 e. The number of nitro groups is 1. The number of ether oxygens (including phenoxy) is 2. The number of hydrogen-bond acceptors (Lipinski definition) is 6. The summed E-state index contributed by atoms with van der Waals surface area (Å²) in [6, 6.07) is 10.8. The van der Waals surface area contributed by atoms with E-state index in [1.807, 2.05) is 6.07 Å². The van der Waals surface area contributed by atoms with Gasteiger partial charge >= 0.3 is 5.97 Å². The van der Waals surface area contributed by atoms with Gasteiger partial charge in [-0.2, -0.15) is 0 Å². The fourth-order valence-electron chi connectivity index (χ4n) is 1.79. The Balaban J connectivity index is 1.79. The maximum atomic E-state index is 11.8. The van der Waals surface area contributed by atoms with Crippen molar-refractivity contribution in [2.24, 2.45) is 0 Å². The molecular formula is C16H12Br2N2O6. The van der Waals surface area contributed by atoms with E-state index in [1.54, 1.807) is 18.2 Å². The molecule has 136 valence electrons.